The van der Waals surface area contributed by atoms with Crippen molar-refractivity contribution in [2.75, 3.05) is 26.7 Å². The summed E-state index contributed by atoms with van der Waals surface area (Å²) in [4.78, 5) is 13.5. The molecule has 0 amide bonds. The molecule has 0 saturated carbocycles. The Hall–Kier alpha value is -0.810. The van der Waals surface area contributed by atoms with Crippen molar-refractivity contribution < 1.29 is 14.4 Å². The SMILES string of the molecule is CC[N+]1(C)CCC(O)(c2ccc(Cl)c(Cl)c2)C(C(=O)c2ccc(Cl)c(Cl)c2)C1. The van der Waals surface area contributed by atoms with Crippen molar-refractivity contribution in [2.45, 2.75) is 18.9 Å². The van der Waals surface area contributed by atoms with E-state index in [1.54, 1.807) is 36.4 Å². The fraction of sp³-hybridized carbons (Fsp3) is 0.381. The summed E-state index contributed by atoms with van der Waals surface area (Å²) < 4.78 is 0.696. The summed E-state index contributed by atoms with van der Waals surface area (Å²) in [5, 5.41) is 13.2. The highest BCUT2D eigenvalue weighted by atomic mass is 35.5. The molecule has 3 unspecified atom stereocenters. The summed E-state index contributed by atoms with van der Waals surface area (Å²) >= 11 is 24.4. The number of rotatable bonds is 4. The lowest BCUT2D eigenvalue weighted by atomic mass is 9.72. The van der Waals surface area contributed by atoms with Crippen LogP contribution in [0.15, 0.2) is 36.4 Å². The van der Waals surface area contributed by atoms with Crippen LogP contribution < -0.4 is 0 Å². The Labute approximate surface area is 185 Å². The molecular formula is C21H22Cl4NO2+. The van der Waals surface area contributed by atoms with Gasteiger partial charge in [-0.2, -0.15) is 0 Å². The number of carbonyl (C=O) groups excluding carboxylic acids is 1. The number of carbonyl (C=O) groups is 1. The average molecular weight is 462 g/mol. The molecule has 0 bridgehead atoms. The minimum Gasteiger partial charge on any atom is -0.384 e. The number of hydrogen-bond acceptors (Lipinski definition) is 2. The highest BCUT2D eigenvalue weighted by molar-refractivity contribution is 6.42. The number of ketones is 1. The molecule has 1 aliphatic heterocycles. The Kier molecular flexibility index (Phi) is 6.36. The van der Waals surface area contributed by atoms with E-state index in [0.717, 1.165) is 13.1 Å². The van der Waals surface area contributed by atoms with Crippen LogP contribution in [0.3, 0.4) is 0 Å². The lowest BCUT2D eigenvalue weighted by Crippen LogP contribution is -2.60. The third kappa shape index (κ3) is 4.07. The van der Waals surface area contributed by atoms with Crippen LogP contribution >= 0.6 is 46.4 Å². The number of likely N-dealkylation sites (tertiary alicyclic amines) is 1. The van der Waals surface area contributed by atoms with Crippen LogP contribution in [0.25, 0.3) is 0 Å². The highest BCUT2D eigenvalue weighted by Crippen LogP contribution is 2.43. The molecule has 1 saturated heterocycles. The largest absolute Gasteiger partial charge is 0.384 e. The molecule has 7 heteroatoms. The van der Waals surface area contributed by atoms with E-state index in [1.165, 1.54) is 0 Å². The van der Waals surface area contributed by atoms with Crippen LogP contribution in [0.1, 0.15) is 29.3 Å². The average Bonchev–Trinajstić information content (AvgIpc) is 2.67. The maximum absolute atomic E-state index is 13.5. The van der Waals surface area contributed by atoms with Crippen LogP contribution in [0, 0.1) is 5.92 Å². The molecule has 3 rings (SSSR count). The Morgan fingerprint density at radius 2 is 1.68 bits per heavy atom. The van der Waals surface area contributed by atoms with Gasteiger partial charge in [-0.15, -0.1) is 0 Å². The summed E-state index contributed by atoms with van der Waals surface area (Å²) in [5.41, 5.74) is -0.310. The maximum atomic E-state index is 13.5. The highest BCUT2D eigenvalue weighted by Gasteiger charge is 2.51. The number of aliphatic hydroxyl groups is 1. The summed E-state index contributed by atoms with van der Waals surface area (Å²) in [5.74, 6) is -0.815. The molecule has 0 aliphatic carbocycles. The zero-order valence-corrected chi connectivity index (χ0v) is 18.7. The molecule has 28 heavy (non-hydrogen) atoms. The number of halogens is 4. The van der Waals surface area contributed by atoms with Crippen LogP contribution in [0.2, 0.25) is 20.1 Å². The third-order valence-corrected chi connectivity index (χ3v) is 7.41. The van der Waals surface area contributed by atoms with Gasteiger partial charge in [-0.25, -0.2) is 0 Å². The van der Waals surface area contributed by atoms with Gasteiger partial charge in [0.15, 0.2) is 5.78 Å². The van der Waals surface area contributed by atoms with E-state index in [0.29, 0.717) is 48.7 Å². The van der Waals surface area contributed by atoms with Gasteiger partial charge in [0.05, 0.1) is 46.8 Å². The first kappa shape index (κ1) is 21.9. The third-order valence-electron chi connectivity index (χ3n) is 5.94. The minimum atomic E-state index is -1.34. The van der Waals surface area contributed by atoms with Crippen molar-refractivity contribution in [3.05, 3.63) is 67.6 Å². The first-order chi connectivity index (χ1) is 13.1. The molecule has 3 atom stereocenters. The van der Waals surface area contributed by atoms with Crippen LogP contribution in [0.5, 0.6) is 0 Å². The van der Waals surface area contributed by atoms with Gasteiger partial charge in [-0.05, 0) is 42.8 Å². The fourth-order valence-corrected chi connectivity index (χ4v) is 4.44. The van der Waals surface area contributed by atoms with Crippen LogP contribution in [0.4, 0.5) is 0 Å². The number of benzene rings is 2. The van der Waals surface area contributed by atoms with Crippen LogP contribution in [-0.4, -0.2) is 42.1 Å². The first-order valence-corrected chi connectivity index (χ1v) is 10.6. The Bertz CT molecular complexity index is 919. The van der Waals surface area contributed by atoms with Crippen molar-refractivity contribution in [1.82, 2.24) is 0 Å². The summed E-state index contributed by atoms with van der Waals surface area (Å²) in [6, 6.07) is 9.86. The van der Waals surface area contributed by atoms with Gasteiger partial charge in [0.25, 0.3) is 0 Å². The Morgan fingerprint density at radius 1 is 1.07 bits per heavy atom. The topological polar surface area (TPSA) is 37.3 Å². The summed E-state index contributed by atoms with van der Waals surface area (Å²) in [6.07, 6.45) is 0.438. The van der Waals surface area contributed by atoms with Gasteiger partial charge >= 0.3 is 0 Å². The van der Waals surface area contributed by atoms with E-state index in [2.05, 4.69) is 14.0 Å². The van der Waals surface area contributed by atoms with Gasteiger partial charge < -0.3 is 9.59 Å². The Morgan fingerprint density at radius 3 is 2.25 bits per heavy atom. The maximum Gasteiger partial charge on any atom is 0.174 e. The molecule has 0 spiro atoms. The molecule has 150 valence electrons. The number of Topliss-reactive ketones (excluding diaryl/α,β-unsaturated/α-hetero) is 1. The number of quaternary nitrogens is 1. The van der Waals surface area contributed by atoms with E-state index in [-0.39, 0.29) is 5.78 Å². The zero-order chi connectivity index (χ0) is 20.7. The molecule has 1 N–H and O–H groups in total. The van der Waals surface area contributed by atoms with E-state index < -0.39 is 11.5 Å². The predicted molar refractivity (Wildman–Crippen MR) is 116 cm³/mol. The molecule has 3 nitrogen and oxygen atoms in total. The number of nitrogens with zero attached hydrogens (tertiary/aromatic N) is 1. The summed E-state index contributed by atoms with van der Waals surface area (Å²) in [7, 11) is 2.10. The van der Waals surface area contributed by atoms with Crippen molar-refractivity contribution >= 4 is 52.2 Å². The molecule has 0 aromatic heterocycles. The second-order valence-corrected chi connectivity index (χ2v) is 9.32. The minimum absolute atomic E-state index is 0.162. The van der Waals surface area contributed by atoms with E-state index in [9.17, 15) is 9.90 Å². The zero-order valence-electron chi connectivity index (χ0n) is 15.7. The van der Waals surface area contributed by atoms with Crippen LogP contribution in [-0.2, 0) is 5.60 Å². The number of piperidine rings is 1. The quantitative estimate of drug-likeness (QED) is 0.457. The van der Waals surface area contributed by atoms with Crippen molar-refractivity contribution in [2.24, 2.45) is 5.92 Å². The summed E-state index contributed by atoms with van der Waals surface area (Å²) in [6.45, 7) is 4.21. The molecule has 2 aromatic carbocycles. The van der Waals surface area contributed by atoms with Gasteiger partial charge in [0.1, 0.15) is 11.5 Å². The smallest absolute Gasteiger partial charge is 0.174 e. The fourth-order valence-electron chi connectivity index (χ4n) is 3.85. The lowest BCUT2D eigenvalue weighted by molar-refractivity contribution is -0.917. The van der Waals surface area contributed by atoms with Crippen molar-refractivity contribution in [3.8, 4) is 0 Å². The normalized spacial score (nSPS) is 27.6. The molecule has 0 radical (unpaired) electrons. The second kappa shape index (κ2) is 8.14. The molecule has 1 fully saturated rings. The van der Waals surface area contributed by atoms with E-state index >= 15 is 0 Å². The van der Waals surface area contributed by atoms with Gasteiger partial charge in [-0.1, -0.05) is 52.5 Å². The van der Waals surface area contributed by atoms with E-state index in [4.69, 9.17) is 46.4 Å². The second-order valence-electron chi connectivity index (χ2n) is 7.69. The monoisotopic (exact) mass is 460 g/mol. The van der Waals surface area contributed by atoms with Crippen molar-refractivity contribution in [3.63, 3.8) is 0 Å². The molecular weight excluding hydrogens is 440 g/mol. The van der Waals surface area contributed by atoms with Gasteiger partial charge in [0, 0.05) is 12.0 Å². The molecule has 1 aliphatic rings. The van der Waals surface area contributed by atoms with Gasteiger partial charge in [-0.3, -0.25) is 4.79 Å². The first-order valence-electron chi connectivity index (χ1n) is 9.10. The Balaban J connectivity index is 2.08. The predicted octanol–water partition coefficient (Wildman–Crippen LogP) is 5.86. The standard InChI is InChI=1S/C21H22Cl4NO2/c1-3-26(2)9-8-21(28,14-5-7-17(23)19(25)11-14)15(12-26)20(27)13-4-6-16(22)18(24)10-13/h4-7,10-11,15,28H,3,8-9,12H2,1-2H3/q+1. The molecule has 2 aromatic rings. The van der Waals surface area contributed by atoms with Gasteiger partial charge in [0.2, 0.25) is 0 Å². The number of hydrogen-bond donors (Lipinski definition) is 1. The molecule has 1 heterocycles. The lowest BCUT2D eigenvalue weighted by Gasteiger charge is -2.48. The van der Waals surface area contributed by atoms with E-state index in [1.807, 2.05) is 0 Å². The van der Waals surface area contributed by atoms with Crippen molar-refractivity contribution in [1.29, 1.82) is 0 Å².